The highest BCUT2D eigenvalue weighted by Crippen LogP contribution is 2.31. The Bertz CT molecular complexity index is 818. The molecule has 0 bridgehead atoms. The molecule has 1 aliphatic heterocycles. The molecule has 1 aliphatic rings. The summed E-state index contributed by atoms with van der Waals surface area (Å²) in [5, 5.41) is 17.5. The topological polar surface area (TPSA) is 93.2 Å². The fourth-order valence-corrected chi connectivity index (χ4v) is 3.30. The molecule has 0 radical (unpaired) electrons. The standard InChI is InChI=1S/C16H21N5O3/c1-16(2)5-12-10(6-17-19(12)3)8-21(9-16)14(22)13-11(15(23)24)7-18-20(13)4/h6-7H,5,8-9H2,1-4H3,(H,23,24). The summed E-state index contributed by atoms with van der Waals surface area (Å²) in [4.78, 5) is 26.1. The summed E-state index contributed by atoms with van der Waals surface area (Å²) in [6.07, 6.45) is 3.80. The fourth-order valence-electron chi connectivity index (χ4n) is 3.30. The summed E-state index contributed by atoms with van der Waals surface area (Å²) in [6, 6.07) is 0. The monoisotopic (exact) mass is 331 g/mol. The van der Waals surface area contributed by atoms with Crippen molar-refractivity contribution >= 4 is 11.9 Å². The van der Waals surface area contributed by atoms with E-state index >= 15 is 0 Å². The molecule has 0 aromatic carbocycles. The van der Waals surface area contributed by atoms with Crippen LogP contribution >= 0.6 is 0 Å². The number of hydrogen-bond acceptors (Lipinski definition) is 4. The highest BCUT2D eigenvalue weighted by molar-refractivity contribution is 6.03. The maximum Gasteiger partial charge on any atom is 0.339 e. The normalized spacial score (nSPS) is 16.6. The van der Waals surface area contributed by atoms with Gasteiger partial charge in [-0.05, 0) is 11.8 Å². The third-order valence-electron chi connectivity index (χ3n) is 4.43. The first-order valence-electron chi connectivity index (χ1n) is 7.74. The predicted molar refractivity (Wildman–Crippen MR) is 85.6 cm³/mol. The summed E-state index contributed by atoms with van der Waals surface area (Å²) in [5.74, 6) is -1.47. The Morgan fingerprint density at radius 2 is 1.83 bits per heavy atom. The summed E-state index contributed by atoms with van der Waals surface area (Å²) in [7, 11) is 3.48. The van der Waals surface area contributed by atoms with Crippen LogP contribution in [-0.2, 0) is 27.1 Å². The number of aromatic carboxylic acids is 1. The van der Waals surface area contributed by atoms with Crippen molar-refractivity contribution in [2.75, 3.05) is 6.54 Å². The highest BCUT2D eigenvalue weighted by Gasteiger charge is 2.34. The van der Waals surface area contributed by atoms with Crippen LogP contribution in [0.25, 0.3) is 0 Å². The Hall–Kier alpha value is -2.64. The molecule has 0 fully saturated rings. The molecule has 0 aliphatic carbocycles. The van der Waals surface area contributed by atoms with Crippen molar-refractivity contribution < 1.29 is 14.7 Å². The van der Waals surface area contributed by atoms with Crippen LogP contribution in [0.1, 0.15) is 46.0 Å². The number of fused-ring (bicyclic) bond motifs is 1. The number of carbonyl (C=O) groups excluding carboxylic acids is 1. The quantitative estimate of drug-likeness (QED) is 0.889. The lowest BCUT2D eigenvalue weighted by atomic mass is 9.87. The predicted octanol–water partition coefficient (Wildman–Crippen LogP) is 1.08. The molecule has 3 rings (SSSR count). The third-order valence-corrected chi connectivity index (χ3v) is 4.43. The van der Waals surface area contributed by atoms with Gasteiger partial charge in [0.25, 0.3) is 5.91 Å². The van der Waals surface area contributed by atoms with Crippen molar-refractivity contribution in [2.24, 2.45) is 19.5 Å². The van der Waals surface area contributed by atoms with Gasteiger partial charge in [-0.15, -0.1) is 0 Å². The lowest BCUT2D eigenvalue weighted by Gasteiger charge is -2.29. The van der Waals surface area contributed by atoms with Crippen molar-refractivity contribution in [3.05, 3.63) is 34.9 Å². The number of nitrogens with zero attached hydrogens (tertiary/aromatic N) is 5. The van der Waals surface area contributed by atoms with E-state index in [-0.39, 0.29) is 22.6 Å². The number of aromatic nitrogens is 4. The van der Waals surface area contributed by atoms with Crippen LogP contribution in [0.5, 0.6) is 0 Å². The molecule has 0 saturated carbocycles. The summed E-state index contributed by atoms with van der Waals surface area (Å²) < 4.78 is 3.17. The molecular formula is C16H21N5O3. The van der Waals surface area contributed by atoms with Gasteiger partial charge in [-0.25, -0.2) is 4.79 Å². The zero-order valence-electron chi connectivity index (χ0n) is 14.3. The van der Waals surface area contributed by atoms with Crippen LogP contribution in [-0.4, -0.2) is 48.0 Å². The summed E-state index contributed by atoms with van der Waals surface area (Å²) in [6.45, 7) is 5.13. The summed E-state index contributed by atoms with van der Waals surface area (Å²) in [5.41, 5.74) is 1.99. The van der Waals surface area contributed by atoms with E-state index in [0.717, 1.165) is 17.7 Å². The van der Waals surface area contributed by atoms with Crippen LogP contribution in [0.15, 0.2) is 12.4 Å². The molecule has 2 aromatic rings. The number of rotatable bonds is 2. The zero-order chi connectivity index (χ0) is 17.6. The maximum absolute atomic E-state index is 13.0. The minimum atomic E-state index is -1.15. The lowest BCUT2D eigenvalue weighted by Crippen LogP contribution is -2.39. The molecule has 1 amide bonds. The molecule has 1 N–H and O–H groups in total. The van der Waals surface area contributed by atoms with E-state index in [0.29, 0.717) is 13.1 Å². The first-order chi connectivity index (χ1) is 11.2. The van der Waals surface area contributed by atoms with Crippen LogP contribution < -0.4 is 0 Å². The van der Waals surface area contributed by atoms with Crippen molar-refractivity contribution in [1.29, 1.82) is 0 Å². The fraction of sp³-hybridized carbons (Fsp3) is 0.500. The molecule has 0 unspecified atom stereocenters. The van der Waals surface area contributed by atoms with Gasteiger partial charge in [-0.1, -0.05) is 13.8 Å². The minimum Gasteiger partial charge on any atom is -0.478 e. The van der Waals surface area contributed by atoms with E-state index < -0.39 is 5.97 Å². The minimum absolute atomic E-state index is 0.0732. The Kier molecular flexibility index (Phi) is 3.70. The van der Waals surface area contributed by atoms with E-state index in [9.17, 15) is 14.7 Å². The van der Waals surface area contributed by atoms with Crippen LogP contribution in [0, 0.1) is 5.41 Å². The van der Waals surface area contributed by atoms with E-state index in [1.165, 1.54) is 10.9 Å². The van der Waals surface area contributed by atoms with Crippen LogP contribution in [0.3, 0.4) is 0 Å². The van der Waals surface area contributed by atoms with Crippen LogP contribution in [0.4, 0.5) is 0 Å². The third kappa shape index (κ3) is 2.68. The zero-order valence-corrected chi connectivity index (χ0v) is 14.3. The second-order valence-corrected chi connectivity index (χ2v) is 7.08. The molecule has 3 heterocycles. The Labute approximate surface area is 139 Å². The van der Waals surface area contributed by atoms with Gasteiger partial charge in [-0.3, -0.25) is 14.2 Å². The maximum atomic E-state index is 13.0. The molecule has 8 nitrogen and oxygen atoms in total. The van der Waals surface area contributed by atoms with Gasteiger partial charge in [0.15, 0.2) is 0 Å². The molecule has 0 saturated heterocycles. The molecule has 0 spiro atoms. The number of carboxylic acids is 1. The van der Waals surface area contributed by atoms with E-state index in [1.54, 1.807) is 18.1 Å². The number of carbonyl (C=O) groups is 2. The molecule has 2 aromatic heterocycles. The average Bonchev–Trinajstić information content (AvgIpc) is 2.98. The number of carboxylic acid groups (broad SMARTS) is 1. The van der Waals surface area contributed by atoms with Crippen molar-refractivity contribution in [3.8, 4) is 0 Å². The Balaban J connectivity index is 2.01. The largest absolute Gasteiger partial charge is 0.478 e. The number of amides is 1. The summed E-state index contributed by atoms with van der Waals surface area (Å²) >= 11 is 0. The molecule has 24 heavy (non-hydrogen) atoms. The van der Waals surface area contributed by atoms with Gasteiger partial charge in [0.1, 0.15) is 11.3 Å². The van der Waals surface area contributed by atoms with Crippen molar-refractivity contribution in [1.82, 2.24) is 24.5 Å². The second-order valence-electron chi connectivity index (χ2n) is 7.08. The number of aryl methyl sites for hydroxylation is 2. The average molecular weight is 331 g/mol. The smallest absolute Gasteiger partial charge is 0.339 e. The molecule has 8 heteroatoms. The number of hydrogen-bond donors (Lipinski definition) is 1. The van der Waals surface area contributed by atoms with Crippen molar-refractivity contribution in [3.63, 3.8) is 0 Å². The first-order valence-corrected chi connectivity index (χ1v) is 7.74. The lowest BCUT2D eigenvalue weighted by molar-refractivity contribution is 0.0638. The van der Waals surface area contributed by atoms with Gasteiger partial charge >= 0.3 is 5.97 Å². The van der Waals surface area contributed by atoms with Gasteiger partial charge in [0, 0.05) is 38.4 Å². The van der Waals surface area contributed by atoms with E-state index in [4.69, 9.17) is 0 Å². The second kappa shape index (κ2) is 5.47. The van der Waals surface area contributed by atoms with Gasteiger partial charge in [-0.2, -0.15) is 10.2 Å². The van der Waals surface area contributed by atoms with E-state index in [1.807, 2.05) is 11.7 Å². The first kappa shape index (κ1) is 16.2. The highest BCUT2D eigenvalue weighted by atomic mass is 16.4. The van der Waals surface area contributed by atoms with E-state index in [2.05, 4.69) is 24.0 Å². The molecule has 0 atom stereocenters. The molecule has 128 valence electrons. The SMILES string of the molecule is Cn1ncc2c1CC(C)(C)CN(C(=O)c1c(C(=O)O)cnn1C)C2. The Morgan fingerprint density at radius 1 is 1.17 bits per heavy atom. The van der Waals surface area contributed by atoms with Gasteiger partial charge < -0.3 is 10.0 Å². The van der Waals surface area contributed by atoms with Gasteiger partial charge in [0.2, 0.25) is 0 Å². The Morgan fingerprint density at radius 3 is 2.50 bits per heavy atom. The molecular weight excluding hydrogens is 310 g/mol. The van der Waals surface area contributed by atoms with Crippen molar-refractivity contribution in [2.45, 2.75) is 26.8 Å². The van der Waals surface area contributed by atoms with Gasteiger partial charge in [0.05, 0.1) is 12.4 Å². The van der Waals surface area contributed by atoms with Crippen LogP contribution in [0.2, 0.25) is 0 Å².